The Balaban J connectivity index is 1.55. The van der Waals surface area contributed by atoms with E-state index in [9.17, 15) is 0 Å². The van der Waals surface area contributed by atoms with Crippen molar-refractivity contribution in [3.63, 3.8) is 0 Å². The van der Waals surface area contributed by atoms with Gasteiger partial charge in [0.05, 0.1) is 19.3 Å². The molecule has 0 amide bonds. The average molecular weight is 300 g/mol. The van der Waals surface area contributed by atoms with Crippen LogP contribution in [0.15, 0.2) is 59.7 Å². The summed E-state index contributed by atoms with van der Waals surface area (Å²) < 4.78 is 0. The highest BCUT2D eigenvalue weighted by Gasteiger charge is 2.15. The van der Waals surface area contributed by atoms with Gasteiger partial charge in [0.15, 0.2) is 0 Å². The fourth-order valence-electron chi connectivity index (χ4n) is 2.41. The van der Waals surface area contributed by atoms with Crippen molar-refractivity contribution in [2.45, 2.75) is 0 Å². The fourth-order valence-corrected chi connectivity index (χ4v) is 2.53. The summed E-state index contributed by atoms with van der Waals surface area (Å²) in [6.45, 7) is 3.89. The van der Waals surface area contributed by atoms with Gasteiger partial charge in [-0.1, -0.05) is 41.9 Å². The zero-order valence-corrected chi connectivity index (χ0v) is 12.6. The highest BCUT2D eigenvalue weighted by Crippen LogP contribution is 2.15. The average Bonchev–Trinajstić information content (AvgIpc) is 2.56. The van der Waals surface area contributed by atoms with Crippen molar-refractivity contribution in [1.82, 2.24) is 5.01 Å². The lowest BCUT2D eigenvalue weighted by atomic mass is 10.2. The van der Waals surface area contributed by atoms with Gasteiger partial charge in [-0.05, 0) is 29.8 Å². The lowest BCUT2D eigenvalue weighted by Crippen LogP contribution is -2.44. The molecule has 1 heterocycles. The van der Waals surface area contributed by atoms with Crippen molar-refractivity contribution >= 4 is 23.5 Å². The number of hydrazone groups is 1. The molecule has 2 aromatic carbocycles. The lowest BCUT2D eigenvalue weighted by Gasteiger charge is -2.34. The lowest BCUT2D eigenvalue weighted by molar-refractivity contribution is 0.272. The Labute approximate surface area is 130 Å². The van der Waals surface area contributed by atoms with Gasteiger partial charge in [-0.3, -0.25) is 5.01 Å². The molecule has 1 saturated heterocycles. The van der Waals surface area contributed by atoms with Gasteiger partial charge in [-0.2, -0.15) is 5.10 Å². The van der Waals surface area contributed by atoms with E-state index < -0.39 is 0 Å². The van der Waals surface area contributed by atoms with Crippen molar-refractivity contribution in [2.24, 2.45) is 5.10 Å². The third kappa shape index (κ3) is 3.76. The van der Waals surface area contributed by atoms with E-state index >= 15 is 0 Å². The molecule has 21 heavy (non-hydrogen) atoms. The van der Waals surface area contributed by atoms with Crippen LogP contribution in [0.2, 0.25) is 5.02 Å². The van der Waals surface area contributed by atoms with Crippen LogP contribution < -0.4 is 4.90 Å². The number of benzene rings is 2. The van der Waals surface area contributed by atoms with E-state index in [1.54, 1.807) is 0 Å². The summed E-state index contributed by atoms with van der Waals surface area (Å²) >= 11 is 5.87. The van der Waals surface area contributed by atoms with Crippen LogP contribution in [0.1, 0.15) is 5.56 Å². The molecule has 3 rings (SSSR count). The van der Waals surface area contributed by atoms with Gasteiger partial charge in [-0.15, -0.1) is 0 Å². The Morgan fingerprint density at radius 1 is 0.857 bits per heavy atom. The number of hydrogen-bond acceptors (Lipinski definition) is 3. The number of piperazine rings is 1. The molecule has 0 spiro atoms. The molecule has 0 aromatic heterocycles. The first kappa shape index (κ1) is 14.0. The van der Waals surface area contributed by atoms with Crippen molar-refractivity contribution in [3.05, 3.63) is 65.2 Å². The monoisotopic (exact) mass is 299 g/mol. The summed E-state index contributed by atoms with van der Waals surface area (Å²) in [6, 6.07) is 18.3. The van der Waals surface area contributed by atoms with Crippen LogP contribution in [0.4, 0.5) is 5.69 Å². The minimum Gasteiger partial charge on any atom is -0.368 e. The van der Waals surface area contributed by atoms with Crippen LogP contribution in [0, 0.1) is 0 Å². The molecule has 0 bridgehead atoms. The highest BCUT2D eigenvalue weighted by atomic mass is 35.5. The number of anilines is 1. The second-order valence-corrected chi connectivity index (χ2v) is 5.51. The Hall–Kier alpha value is -2.00. The zero-order valence-electron chi connectivity index (χ0n) is 11.8. The van der Waals surface area contributed by atoms with Gasteiger partial charge >= 0.3 is 0 Å². The summed E-state index contributed by atoms with van der Waals surface area (Å²) in [5.41, 5.74) is 2.36. The molecule has 0 atom stereocenters. The van der Waals surface area contributed by atoms with Gasteiger partial charge in [0, 0.05) is 23.8 Å². The Morgan fingerprint density at radius 3 is 2.19 bits per heavy atom. The molecule has 4 heteroatoms. The normalized spacial score (nSPS) is 15.7. The van der Waals surface area contributed by atoms with Crippen molar-refractivity contribution in [3.8, 4) is 0 Å². The summed E-state index contributed by atoms with van der Waals surface area (Å²) in [5, 5.41) is 7.42. The first-order valence-electron chi connectivity index (χ1n) is 7.16. The molecule has 0 saturated carbocycles. The predicted octanol–water partition coefficient (Wildman–Crippen LogP) is 3.50. The highest BCUT2D eigenvalue weighted by molar-refractivity contribution is 6.30. The molecule has 0 N–H and O–H groups in total. The largest absolute Gasteiger partial charge is 0.368 e. The first-order chi connectivity index (χ1) is 10.3. The van der Waals surface area contributed by atoms with Gasteiger partial charge in [-0.25, -0.2) is 0 Å². The van der Waals surface area contributed by atoms with Gasteiger partial charge in [0.25, 0.3) is 0 Å². The standard InChI is InChI=1S/C17H18ClN3/c18-16-8-6-15(7-9-16)14-19-21-12-10-20(11-13-21)17-4-2-1-3-5-17/h1-9,14H,10-13H2/b19-14+. The number of halogens is 1. The van der Waals surface area contributed by atoms with Crippen LogP contribution in [0.25, 0.3) is 0 Å². The molecular formula is C17H18ClN3. The van der Waals surface area contributed by atoms with E-state index in [1.165, 1.54) is 5.69 Å². The first-order valence-corrected chi connectivity index (χ1v) is 7.53. The van der Waals surface area contributed by atoms with Crippen molar-refractivity contribution in [2.75, 3.05) is 31.1 Å². The third-order valence-electron chi connectivity index (χ3n) is 3.62. The molecule has 0 aliphatic carbocycles. The Kier molecular flexibility index (Phi) is 4.41. The maximum absolute atomic E-state index is 5.87. The van der Waals surface area contributed by atoms with Gasteiger partial charge in [0.1, 0.15) is 0 Å². The van der Waals surface area contributed by atoms with E-state index in [1.807, 2.05) is 30.5 Å². The molecule has 108 valence electrons. The van der Waals surface area contributed by atoms with E-state index in [0.29, 0.717) is 0 Å². The molecule has 3 nitrogen and oxygen atoms in total. The second kappa shape index (κ2) is 6.64. The topological polar surface area (TPSA) is 18.8 Å². The van der Waals surface area contributed by atoms with Crippen molar-refractivity contribution in [1.29, 1.82) is 0 Å². The van der Waals surface area contributed by atoms with E-state index in [4.69, 9.17) is 11.6 Å². The number of para-hydroxylation sites is 1. The summed E-state index contributed by atoms with van der Waals surface area (Å²) in [5.74, 6) is 0. The zero-order chi connectivity index (χ0) is 14.5. The van der Waals surface area contributed by atoms with E-state index in [2.05, 4.69) is 45.3 Å². The molecule has 1 aliphatic heterocycles. The summed E-state index contributed by atoms with van der Waals surface area (Å²) in [7, 11) is 0. The number of nitrogens with zero attached hydrogens (tertiary/aromatic N) is 3. The van der Waals surface area contributed by atoms with Gasteiger partial charge in [0.2, 0.25) is 0 Å². The maximum Gasteiger partial charge on any atom is 0.0542 e. The molecule has 2 aromatic rings. The van der Waals surface area contributed by atoms with Crippen LogP contribution >= 0.6 is 11.6 Å². The van der Waals surface area contributed by atoms with E-state index in [0.717, 1.165) is 36.8 Å². The van der Waals surface area contributed by atoms with E-state index in [-0.39, 0.29) is 0 Å². The predicted molar refractivity (Wildman–Crippen MR) is 89.3 cm³/mol. The Morgan fingerprint density at radius 2 is 1.52 bits per heavy atom. The maximum atomic E-state index is 5.87. The van der Waals surface area contributed by atoms with Crippen molar-refractivity contribution < 1.29 is 0 Å². The van der Waals surface area contributed by atoms with Crippen LogP contribution in [-0.4, -0.2) is 37.4 Å². The fraction of sp³-hybridized carbons (Fsp3) is 0.235. The minimum atomic E-state index is 0.753. The minimum absolute atomic E-state index is 0.753. The van der Waals surface area contributed by atoms with Crippen LogP contribution in [0.5, 0.6) is 0 Å². The molecular weight excluding hydrogens is 282 g/mol. The second-order valence-electron chi connectivity index (χ2n) is 5.07. The van der Waals surface area contributed by atoms with Crippen LogP contribution in [0.3, 0.4) is 0 Å². The SMILES string of the molecule is Clc1ccc(/C=N/N2CCN(c3ccccc3)CC2)cc1. The molecule has 1 aliphatic rings. The number of rotatable bonds is 3. The molecule has 0 radical (unpaired) electrons. The summed E-state index contributed by atoms with van der Waals surface area (Å²) in [6.07, 6.45) is 1.90. The van der Waals surface area contributed by atoms with Gasteiger partial charge < -0.3 is 4.90 Å². The smallest absolute Gasteiger partial charge is 0.0542 e. The molecule has 1 fully saturated rings. The van der Waals surface area contributed by atoms with Crippen LogP contribution in [-0.2, 0) is 0 Å². The quantitative estimate of drug-likeness (QED) is 0.808. The summed E-state index contributed by atoms with van der Waals surface area (Å²) in [4.78, 5) is 2.40. The molecule has 0 unspecified atom stereocenters. The Bertz CT molecular complexity index is 587. The third-order valence-corrected chi connectivity index (χ3v) is 3.87. The number of hydrogen-bond donors (Lipinski definition) is 0.